The highest BCUT2D eigenvalue weighted by atomic mass is 16.5. The van der Waals surface area contributed by atoms with Crippen molar-refractivity contribution in [1.82, 2.24) is 24.6 Å². The number of nitrogens with zero attached hydrogens (tertiary/aromatic N) is 6. The number of aliphatic hydroxyl groups is 1. The number of carbonyl (C=O) groups excluding carboxylic acids is 1. The van der Waals surface area contributed by atoms with Gasteiger partial charge in [-0.25, -0.2) is 9.97 Å². The maximum atomic E-state index is 12.4. The Morgan fingerprint density at radius 2 is 2.02 bits per heavy atom. The van der Waals surface area contributed by atoms with Crippen LogP contribution < -0.4 is 20.3 Å². The molecule has 5 rings (SSSR count). The van der Waals surface area contributed by atoms with E-state index >= 15 is 0 Å². The van der Waals surface area contributed by atoms with E-state index in [0.29, 0.717) is 42.6 Å². The summed E-state index contributed by atoms with van der Waals surface area (Å²) < 4.78 is 7.57. The Hall–Kier alpha value is -4.48. The Morgan fingerprint density at radius 3 is 2.75 bits per heavy atom. The molecule has 0 aliphatic carbocycles. The predicted octanol–water partition coefficient (Wildman–Crippen LogP) is 3.76. The van der Waals surface area contributed by atoms with Crippen LogP contribution in [0.2, 0.25) is 0 Å². The summed E-state index contributed by atoms with van der Waals surface area (Å²) in [4.78, 5) is 25.3. The molecule has 4 aromatic rings. The number of aryl methyl sites for hydroxylation is 1. The first-order valence-corrected chi connectivity index (χ1v) is 13.1. The van der Waals surface area contributed by atoms with Gasteiger partial charge in [0.15, 0.2) is 0 Å². The number of amides is 1. The second-order valence-corrected chi connectivity index (χ2v) is 9.94. The molecule has 2 aromatic carbocycles. The van der Waals surface area contributed by atoms with Crippen LogP contribution in [-0.4, -0.2) is 74.7 Å². The largest absolute Gasteiger partial charge is 0.494 e. The summed E-state index contributed by atoms with van der Waals surface area (Å²) in [5, 5.41) is 22.7. The van der Waals surface area contributed by atoms with Gasteiger partial charge >= 0.3 is 0 Å². The van der Waals surface area contributed by atoms with E-state index in [1.165, 1.54) is 12.4 Å². The Kier molecular flexibility index (Phi) is 7.42. The maximum Gasteiger partial charge on any atom is 0.247 e. The van der Waals surface area contributed by atoms with Gasteiger partial charge < -0.3 is 25.4 Å². The van der Waals surface area contributed by atoms with E-state index in [-0.39, 0.29) is 5.91 Å². The lowest BCUT2D eigenvalue weighted by Gasteiger charge is -2.46. The van der Waals surface area contributed by atoms with Crippen molar-refractivity contribution in [3.05, 3.63) is 61.6 Å². The summed E-state index contributed by atoms with van der Waals surface area (Å²) in [6.07, 6.45) is 4.55. The normalized spacial score (nSPS) is 17.6. The second-order valence-electron chi connectivity index (χ2n) is 9.94. The first kappa shape index (κ1) is 27.1. The molecule has 0 bridgehead atoms. The van der Waals surface area contributed by atoms with Crippen molar-refractivity contribution in [2.45, 2.75) is 19.6 Å². The van der Waals surface area contributed by atoms with Gasteiger partial charge in [0.25, 0.3) is 0 Å². The number of hydrogen-bond acceptors (Lipinski definition) is 9. The van der Waals surface area contributed by atoms with Gasteiger partial charge in [0.05, 0.1) is 48.1 Å². The lowest BCUT2D eigenvalue weighted by molar-refractivity contribution is -0.111. The number of fused-ring (bicyclic) bond motifs is 1. The molecule has 2 aromatic heterocycles. The van der Waals surface area contributed by atoms with Crippen LogP contribution in [-0.2, 0) is 11.8 Å². The number of anilines is 4. The van der Waals surface area contributed by atoms with Crippen molar-refractivity contribution in [1.29, 1.82) is 0 Å². The topological polar surface area (TPSA) is 121 Å². The van der Waals surface area contributed by atoms with E-state index in [4.69, 9.17) is 4.74 Å². The minimum absolute atomic E-state index is 0.341. The molecule has 208 valence electrons. The zero-order valence-electron chi connectivity index (χ0n) is 23.2. The van der Waals surface area contributed by atoms with E-state index < -0.39 is 5.72 Å². The fraction of sp³-hybridized carbons (Fsp3) is 0.310. The summed E-state index contributed by atoms with van der Waals surface area (Å²) in [7, 11) is 3.49. The highest BCUT2D eigenvalue weighted by Crippen LogP contribution is 2.40. The number of β-amino-alcohol motifs (C(OH)–C–C–N with tert-alkyl or cyclic N) is 1. The average Bonchev–Trinajstić information content (AvgIpc) is 3.32. The van der Waals surface area contributed by atoms with Crippen LogP contribution >= 0.6 is 0 Å². The molecular weight excluding hydrogens is 508 g/mol. The van der Waals surface area contributed by atoms with Crippen molar-refractivity contribution in [2.75, 3.05) is 48.8 Å². The Morgan fingerprint density at radius 1 is 1.20 bits per heavy atom. The van der Waals surface area contributed by atoms with Gasteiger partial charge in [-0.3, -0.25) is 14.4 Å². The van der Waals surface area contributed by atoms with Crippen LogP contribution in [0.1, 0.15) is 13.8 Å². The van der Waals surface area contributed by atoms with Crippen molar-refractivity contribution >= 4 is 39.7 Å². The minimum atomic E-state index is -1.02. The Balaban J connectivity index is 1.49. The first-order valence-electron chi connectivity index (χ1n) is 13.1. The van der Waals surface area contributed by atoms with Crippen molar-refractivity contribution in [3.8, 4) is 17.0 Å². The summed E-state index contributed by atoms with van der Waals surface area (Å²) in [6.45, 7) is 9.87. The standard InChI is InChI=1S/C29H34N8O3/c1-6-28(38)34-22-13-23(26(40-5)15-25(22)36-10-11-37(7-2)29(3,39)17-36)33-27-14-21(30-18-31-27)19-8-9-20-16-32-35(4)24(20)12-19/h6,8-9,12-16,18,39H,1,7,10-11,17H2,2-5H3,(H,34,38)(H,30,31,33)/t29-/m0/s1. The molecule has 0 unspecified atom stereocenters. The van der Waals surface area contributed by atoms with Crippen LogP contribution in [0.25, 0.3) is 22.2 Å². The molecule has 1 saturated heterocycles. The molecule has 1 amide bonds. The molecule has 0 saturated carbocycles. The number of hydrogen-bond donors (Lipinski definition) is 3. The molecule has 11 heteroatoms. The quantitative estimate of drug-likeness (QED) is 0.286. The van der Waals surface area contributed by atoms with E-state index in [2.05, 4.69) is 37.2 Å². The van der Waals surface area contributed by atoms with Crippen LogP contribution in [0.5, 0.6) is 5.75 Å². The van der Waals surface area contributed by atoms with Gasteiger partial charge in [0, 0.05) is 43.2 Å². The predicted molar refractivity (Wildman–Crippen MR) is 157 cm³/mol. The van der Waals surface area contributed by atoms with E-state index in [1.807, 2.05) is 60.1 Å². The Bertz CT molecular complexity index is 1560. The molecule has 0 spiro atoms. The highest BCUT2D eigenvalue weighted by Gasteiger charge is 2.36. The number of methoxy groups -OCH3 is 1. The van der Waals surface area contributed by atoms with Gasteiger partial charge in [0.1, 0.15) is 23.6 Å². The number of benzene rings is 2. The minimum Gasteiger partial charge on any atom is -0.494 e. The lowest BCUT2D eigenvalue weighted by Crippen LogP contribution is -2.60. The summed E-state index contributed by atoms with van der Waals surface area (Å²) in [5.41, 5.74) is 3.56. The number of carbonyl (C=O) groups is 1. The average molecular weight is 543 g/mol. The van der Waals surface area contributed by atoms with Crippen LogP contribution in [0.15, 0.2) is 61.6 Å². The van der Waals surface area contributed by atoms with Gasteiger partial charge in [0.2, 0.25) is 5.91 Å². The maximum absolute atomic E-state index is 12.4. The zero-order valence-corrected chi connectivity index (χ0v) is 23.2. The lowest BCUT2D eigenvalue weighted by atomic mass is 10.1. The third-order valence-corrected chi connectivity index (χ3v) is 7.27. The molecule has 1 aliphatic rings. The Labute approximate surface area is 233 Å². The fourth-order valence-electron chi connectivity index (χ4n) is 5.13. The molecule has 1 aliphatic heterocycles. The summed E-state index contributed by atoms with van der Waals surface area (Å²) in [5.74, 6) is 0.772. The van der Waals surface area contributed by atoms with Crippen molar-refractivity contribution in [2.24, 2.45) is 7.05 Å². The number of piperazine rings is 1. The molecule has 1 fully saturated rings. The molecule has 0 radical (unpaired) electrons. The van der Waals surface area contributed by atoms with Crippen LogP contribution in [0.4, 0.5) is 22.9 Å². The summed E-state index contributed by atoms with van der Waals surface area (Å²) >= 11 is 0. The van der Waals surface area contributed by atoms with Gasteiger partial charge in [-0.15, -0.1) is 0 Å². The zero-order chi connectivity index (χ0) is 28.4. The fourth-order valence-corrected chi connectivity index (χ4v) is 5.13. The number of rotatable bonds is 8. The third kappa shape index (κ3) is 5.33. The van der Waals surface area contributed by atoms with Crippen LogP contribution in [0.3, 0.4) is 0 Å². The number of nitrogens with one attached hydrogen (secondary N) is 2. The van der Waals surface area contributed by atoms with Gasteiger partial charge in [-0.05, 0) is 31.7 Å². The SMILES string of the molecule is C=CC(=O)Nc1cc(Nc2cc(-c3ccc4cnn(C)c4c3)ncn2)c(OC)cc1N1CCN(CC)[C@@](C)(O)C1. The van der Waals surface area contributed by atoms with Crippen molar-refractivity contribution in [3.63, 3.8) is 0 Å². The molecule has 40 heavy (non-hydrogen) atoms. The smallest absolute Gasteiger partial charge is 0.247 e. The number of ether oxygens (including phenoxy) is 1. The van der Waals surface area contributed by atoms with Crippen LogP contribution in [0, 0.1) is 0 Å². The summed E-state index contributed by atoms with van der Waals surface area (Å²) in [6, 6.07) is 11.6. The molecule has 11 nitrogen and oxygen atoms in total. The highest BCUT2D eigenvalue weighted by molar-refractivity contribution is 6.02. The third-order valence-electron chi connectivity index (χ3n) is 7.27. The molecular formula is C29H34N8O3. The van der Waals surface area contributed by atoms with Gasteiger partial charge in [-0.1, -0.05) is 25.6 Å². The molecule has 1 atom stereocenters. The van der Waals surface area contributed by atoms with E-state index in [9.17, 15) is 9.90 Å². The van der Waals surface area contributed by atoms with Gasteiger partial charge in [-0.2, -0.15) is 5.10 Å². The second kappa shape index (κ2) is 10.9. The number of likely N-dealkylation sites (N-methyl/N-ethyl adjacent to an activating group) is 1. The molecule has 3 N–H and O–H groups in total. The van der Waals surface area contributed by atoms with E-state index in [1.54, 1.807) is 20.1 Å². The number of aromatic nitrogens is 4. The van der Waals surface area contributed by atoms with E-state index in [0.717, 1.165) is 34.4 Å². The molecule has 3 heterocycles. The first-order chi connectivity index (χ1) is 19.2. The van der Waals surface area contributed by atoms with Crippen molar-refractivity contribution < 1.29 is 14.6 Å². The monoisotopic (exact) mass is 542 g/mol.